The van der Waals surface area contributed by atoms with Crippen molar-refractivity contribution in [3.05, 3.63) is 94.8 Å². The van der Waals surface area contributed by atoms with E-state index in [0.717, 1.165) is 17.1 Å². The molecule has 0 amide bonds. The van der Waals surface area contributed by atoms with E-state index in [0.29, 0.717) is 23.3 Å². The minimum absolute atomic E-state index is 0.115. The van der Waals surface area contributed by atoms with Gasteiger partial charge in [0.1, 0.15) is 11.6 Å². The molecule has 0 aliphatic heterocycles. The highest BCUT2D eigenvalue weighted by Gasteiger charge is 2.11. The topological polar surface area (TPSA) is 57.0 Å². The lowest BCUT2D eigenvalue weighted by atomic mass is 10.2. The van der Waals surface area contributed by atoms with E-state index in [-0.39, 0.29) is 5.56 Å². The van der Waals surface area contributed by atoms with Gasteiger partial charge in [0.05, 0.1) is 28.9 Å². The van der Waals surface area contributed by atoms with Crippen LogP contribution in [0.2, 0.25) is 0 Å². The van der Waals surface area contributed by atoms with Gasteiger partial charge in [0.2, 0.25) is 0 Å². The molecule has 5 nitrogen and oxygen atoms in total. The second-order valence-electron chi connectivity index (χ2n) is 6.14. The summed E-state index contributed by atoms with van der Waals surface area (Å²) in [5.74, 6) is 1.30. The molecule has 0 spiro atoms. The molecule has 4 aromatic rings. The van der Waals surface area contributed by atoms with Crippen molar-refractivity contribution >= 4 is 23.1 Å². The van der Waals surface area contributed by atoms with Gasteiger partial charge in [-0.2, -0.15) is 0 Å². The summed E-state index contributed by atoms with van der Waals surface area (Å²) in [5.41, 5.74) is 2.07. The number of aromatic nitrogens is 3. The van der Waals surface area contributed by atoms with Gasteiger partial charge in [0.25, 0.3) is 5.56 Å². The first kappa shape index (κ1) is 17.7. The molecule has 2 heterocycles. The van der Waals surface area contributed by atoms with Gasteiger partial charge in [-0.25, -0.2) is 4.98 Å². The Balaban J connectivity index is 1.88. The molecule has 0 fully saturated rings. The third-order valence-corrected chi connectivity index (χ3v) is 4.30. The summed E-state index contributed by atoms with van der Waals surface area (Å²) in [7, 11) is 0. The SMILES string of the molecule is CCOc1ccc(-n2c(C=Cc3ccccn3)nc3ccccc3c2=O)cc1. The molecular weight excluding hydrogens is 350 g/mol. The van der Waals surface area contributed by atoms with Crippen molar-refractivity contribution < 1.29 is 4.74 Å². The first-order valence-electron chi connectivity index (χ1n) is 9.10. The maximum Gasteiger partial charge on any atom is 0.266 e. The predicted molar refractivity (Wildman–Crippen MR) is 112 cm³/mol. The van der Waals surface area contributed by atoms with Crippen molar-refractivity contribution in [1.82, 2.24) is 14.5 Å². The van der Waals surface area contributed by atoms with Gasteiger partial charge in [0, 0.05) is 6.20 Å². The lowest BCUT2D eigenvalue weighted by Gasteiger charge is -2.12. The molecule has 0 aliphatic rings. The van der Waals surface area contributed by atoms with Gasteiger partial charge in [-0.3, -0.25) is 14.3 Å². The first-order valence-corrected chi connectivity index (χ1v) is 9.10. The molecule has 0 unspecified atom stereocenters. The zero-order chi connectivity index (χ0) is 19.3. The van der Waals surface area contributed by atoms with Crippen LogP contribution in [0.5, 0.6) is 5.75 Å². The summed E-state index contributed by atoms with van der Waals surface area (Å²) < 4.78 is 7.12. The van der Waals surface area contributed by atoms with Crippen LogP contribution < -0.4 is 10.3 Å². The average molecular weight is 369 g/mol. The van der Waals surface area contributed by atoms with Gasteiger partial charge < -0.3 is 4.74 Å². The molecule has 0 radical (unpaired) electrons. The third kappa shape index (κ3) is 3.55. The summed E-state index contributed by atoms with van der Waals surface area (Å²) in [6.45, 7) is 2.53. The zero-order valence-corrected chi connectivity index (χ0v) is 15.4. The number of nitrogens with zero attached hydrogens (tertiary/aromatic N) is 3. The average Bonchev–Trinajstić information content (AvgIpc) is 2.74. The van der Waals surface area contributed by atoms with E-state index < -0.39 is 0 Å². The number of hydrogen-bond donors (Lipinski definition) is 0. The maximum atomic E-state index is 13.2. The van der Waals surface area contributed by atoms with Crippen LogP contribution in [-0.4, -0.2) is 21.1 Å². The molecule has 0 saturated heterocycles. The number of benzene rings is 2. The molecule has 2 aromatic heterocycles. The van der Waals surface area contributed by atoms with Crippen LogP contribution in [0.1, 0.15) is 18.4 Å². The van der Waals surface area contributed by atoms with Gasteiger partial charge >= 0.3 is 0 Å². The van der Waals surface area contributed by atoms with Crippen molar-refractivity contribution in [1.29, 1.82) is 0 Å². The number of para-hydroxylation sites is 1. The second-order valence-corrected chi connectivity index (χ2v) is 6.14. The summed E-state index contributed by atoms with van der Waals surface area (Å²) in [4.78, 5) is 22.2. The van der Waals surface area contributed by atoms with E-state index in [4.69, 9.17) is 9.72 Å². The minimum atomic E-state index is -0.115. The van der Waals surface area contributed by atoms with Crippen molar-refractivity contribution in [3.63, 3.8) is 0 Å². The molecule has 0 N–H and O–H groups in total. The van der Waals surface area contributed by atoms with Crippen molar-refractivity contribution in [2.75, 3.05) is 6.61 Å². The third-order valence-electron chi connectivity index (χ3n) is 4.30. The van der Waals surface area contributed by atoms with Crippen molar-refractivity contribution in [2.45, 2.75) is 6.92 Å². The zero-order valence-electron chi connectivity index (χ0n) is 15.4. The van der Waals surface area contributed by atoms with E-state index in [1.54, 1.807) is 16.8 Å². The van der Waals surface area contributed by atoms with Gasteiger partial charge in [-0.15, -0.1) is 0 Å². The Kier molecular flexibility index (Phi) is 4.97. The van der Waals surface area contributed by atoms with Crippen LogP contribution in [0.15, 0.2) is 77.7 Å². The monoisotopic (exact) mass is 369 g/mol. The Morgan fingerprint density at radius 2 is 1.75 bits per heavy atom. The smallest absolute Gasteiger partial charge is 0.266 e. The predicted octanol–water partition coefficient (Wildman–Crippen LogP) is 4.35. The van der Waals surface area contributed by atoms with Crippen LogP contribution in [0.3, 0.4) is 0 Å². The second kappa shape index (κ2) is 7.88. The Bertz CT molecular complexity index is 1180. The lowest BCUT2D eigenvalue weighted by Crippen LogP contribution is -2.22. The van der Waals surface area contributed by atoms with E-state index in [2.05, 4.69) is 4.98 Å². The molecule has 4 rings (SSSR count). The Morgan fingerprint density at radius 1 is 0.964 bits per heavy atom. The van der Waals surface area contributed by atoms with E-state index in [1.165, 1.54) is 0 Å². The van der Waals surface area contributed by atoms with Crippen molar-refractivity contribution in [2.24, 2.45) is 0 Å². The molecule has 5 heteroatoms. The fourth-order valence-corrected chi connectivity index (χ4v) is 3.00. The molecule has 2 aromatic carbocycles. The Morgan fingerprint density at radius 3 is 2.50 bits per heavy atom. The molecule has 0 atom stereocenters. The maximum absolute atomic E-state index is 13.2. The van der Waals surface area contributed by atoms with Crippen LogP contribution in [-0.2, 0) is 0 Å². The normalized spacial score (nSPS) is 11.2. The number of rotatable bonds is 5. The Hall–Kier alpha value is -3.73. The van der Waals surface area contributed by atoms with Gasteiger partial charge in [-0.1, -0.05) is 18.2 Å². The summed E-state index contributed by atoms with van der Waals surface area (Å²) >= 11 is 0. The fraction of sp³-hybridized carbons (Fsp3) is 0.0870. The van der Waals surface area contributed by atoms with E-state index in [9.17, 15) is 4.79 Å². The summed E-state index contributed by atoms with van der Waals surface area (Å²) in [6, 6.07) is 20.5. The largest absolute Gasteiger partial charge is 0.494 e. The summed E-state index contributed by atoms with van der Waals surface area (Å²) in [5, 5.41) is 0.575. The van der Waals surface area contributed by atoms with Crippen LogP contribution >= 0.6 is 0 Å². The quantitative estimate of drug-likeness (QED) is 0.525. The Labute approximate surface area is 162 Å². The minimum Gasteiger partial charge on any atom is -0.494 e. The van der Waals surface area contributed by atoms with Crippen LogP contribution in [0, 0.1) is 0 Å². The number of fused-ring (bicyclic) bond motifs is 1. The molecule has 138 valence electrons. The highest BCUT2D eigenvalue weighted by Crippen LogP contribution is 2.18. The molecule has 0 aliphatic carbocycles. The molecule has 0 bridgehead atoms. The van der Waals surface area contributed by atoms with E-state index >= 15 is 0 Å². The fourth-order valence-electron chi connectivity index (χ4n) is 3.00. The summed E-state index contributed by atoms with van der Waals surface area (Å²) in [6.07, 6.45) is 5.39. The highest BCUT2D eigenvalue weighted by molar-refractivity contribution is 5.79. The van der Waals surface area contributed by atoms with E-state index in [1.807, 2.05) is 79.7 Å². The van der Waals surface area contributed by atoms with Crippen LogP contribution in [0.4, 0.5) is 0 Å². The lowest BCUT2D eigenvalue weighted by molar-refractivity contribution is 0.340. The number of hydrogen-bond acceptors (Lipinski definition) is 4. The molecule has 0 saturated carbocycles. The molecule has 28 heavy (non-hydrogen) atoms. The van der Waals surface area contributed by atoms with Gasteiger partial charge in [-0.05, 0) is 67.6 Å². The number of pyridine rings is 1. The molecular formula is C23H19N3O2. The first-order chi connectivity index (χ1) is 13.8. The van der Waals surface area contributed by atoms with Gasteiger partial charge in [0.15, 0.2) is 0 Å². The number of ether oxygens (including phenoxy) is 1. The van der Waals surface area contributed by atoms with Crippen molar-refractivity contribution in [3.8, 4) is 11.4 Å². The highest BCUT2D eigenvalue weighted by atomic mass is 16.5. The van der Waals surface area contributed by atoms with Crippen LogP contribution in [0.25, 0.3) is 28.7 Å². The standard InChI is InChI=1S/C23H19N3O2/c1-2-28-19-13-11-18(12-14-19)26-22(15-10-17-7-5-6-16-24-17)25-21-9-4-3-8-20(21)23(26)27/h3-16H,2H2,1H3.